The molecular formula is C13H21NO. The van der Waals surface area contributed by atoms with E-state index in [1.807, 2.05) is 7.05 Å². The van der Waals surface area contributed by atoms with Crippen molar-refractivity contribution in [2.24, 2.45) is 0 Å². The molecule has 0 bridgehead atoms. The Kier molecular flexibility index (Phi) is 4.30. The smallest absolute Gasteiger partial charge is 0.0537 e. The first-order valence-electron chi connectivity index (χ1n) is 5.51. The summed E-state index contributed by atoms with van der Waals surface area (Å²) in [5.41, 5.74) is 2.35. The zero-order valence-electron chi connectivity index (χ0n) is 9.88. The van der Waals surface area contributed by atoms with Crippen LogP contribution >= 0.6 is 0 Å². The fourth-order valence-corrected chi connectivity index (χ4v) is 1.78. The van der Waals surface area contributed by atoms with Crippen LogP contribution in [0.4, 0.5) is 0 Å². The minimum absolute atomic E-state index is 0.166. The Labute approximate surface area is 92.3 Å². The summed E-state index contributed by atoms with van der Waals surface area (Å²) in [5.74, 6) is 0. The third-order valence-corrected chi connectivity index (χ3v) is 2.98. The fourth-order valence-electron chi connectivity index (χ4n) is 1.78. The van der Waals surface area contributed by atoms with Crippen LogP contribution in [0.15, 0.2) is 24.3 Å². The standard InChI is InChI=1S/C13H21NO/c1-4-11-5-7-12(8-6-11)13(2,10-15)9-14-3/h5-8,14-15H,4,9-10H2,1-3H3. The highest BCUT2D eigenvalue weighted by atomic mass is 16.3. The second-order valence-corrected chi connectivity index (χ2v) is 4.30. The first-order chi connectivity index (χ1) is 7.16. The van der Waals surface area contributed by atoms with Gasteiger partial charge in [-0.2, -0.15) is 0 Å². The van der Waals surface area contributed by atoms with Gasteiger partial charge in [-0.25, -0.2) is 0 Å². The van der Waals surface area contributed by atoms with Gasteiger partial charge >= 0.3 is 0 Å². The van der Waals surface area contributed by atoms with E-state index in [-0.39, 0.29) is 12.0 Å². The maximum atomic E-state index is 9.46. The lowest BCUT2D eigenvalue weighted by Gasteiger charge is -2.27. The van der Waals surface area contributed by atoms with Gasteiger partial charge < -0.3 is 10.4 Å². The van der Waals surface area contributed by atoms with E-state index in [0.29, 0.717) is 0 Å². The zero-order chi connectivity index (χ0) is 11.3. The second kappa shape index (κ2) is 5.29. The van der Waals surface area contributed by atoms with Crippen LogP contribution in [0.5, 0.6) is 0 Å². The normalized spacial score (nSPS) is 14.9. The molecule has 0 aliphatic rings. The van der Waals surface area contributed by atoms with Crippen LogP contribution in [-0.2, 0) is 11.8 Å². The monoisotopic (exact) mass is 207 g/mol. The van der Waals surface area contributed by atoms with Gasteiger partial charge in [0.1, 0.15) is 0 Å². The number of aliphatic hydroxyl groups excluding tert-OH is 1. The first-order valence-corrected chi connectivity index (χ1v) is 5.51. The highest BCUT2D eigenvalue weighted by Gasteiger charge is 2.24. The molecule has 15 heavy (non-hydrogen) atoms. The average molecular weight is 207 g/mol. The Morgan fingerprint density at radius 1 is 1.27 bits per heavy atom. The molecule has 0 heterocycles. The van der Waals surface area contributed by atoms with Crippen LogP contribution in [0.25, 0.3) is 0 Å². The van der Waals surface area contributed by atoms with Crippen molar-refractivity contribution in [3.8, 4) is 0 Å². The molecule has 0 aliphatic heterocycles. The van der Waals surface area contributed by atoms with Gasteiger partial charge in [-0.05, 0) is 24.6 Å². The van der Waals surface area contributed by atoms with Gasteiger partial charge in [0.2, 0.25) is 0 Å². The van der Waals surface area contributed by atoms with Crippen molar-refractivity contribution in [3.05, 3.63) is 35.4 Å². The quantitative estimate of drug-likeness (QED) is 0.770. The summed E-state index contributed by atoms with van der Waals surface area (Å²) >= 11 is 0. The van der Waals surface area contributed by atoms with Crippen LogP contribution in [0.1, 0.15) is 25.0 Å². The van der Waals surface area contributed by atoms with Gasteiger partial charge in [-0.15, -0.1) is 0 Å². The number of hydrogen-bond donors (Lipinski definition) is 2. The second-order valence-electron chi connectivity index (χ2n) is 4.30. The van der Waals surface area contributed by atoms with E-state index in [2.05, 4.69) is 43.4 Å². The van der Waals surface area contributed by atoms with Crippen molar-refractivity contribution in [2.75, 3.05) is 20.2 Å². The average Bonchev–Trinajstić information content (AvgIpc) is 2.29. The van der Waals surface area contributed by atoms with E-state index in [0.717, 1.165) is 13.0 Å². The summed E-state index contributed by atoms with van der Waals surface area (Å²) in [6, 6.07) is 8.51. The molecular weight excluding hydrogens is 186 g/mol. The van der Waals surface area contributed by atoms with Gasteiger partial charge in [-0.3, -0.25) is 0 Å². The minimum atomic E-state index is -0.180. The Bertz CT molecular complexity index is 294. The van der Waals surface area contributed by atoms with Crippen molar-refractivity contribution in [2.45, 2.75) is 25.7 Å². The molecule has 2 nitrogen and oxygen atoms in total. The molecule has 0 radical (unpaired) electrons. The van der Waals surface area contributed by atoms with Crippen LogP contribution in [0.2, 0.25) is 0 Å². The van der Waals surface area contributed by atoms with Crippen molar-refractivity contribution in [1.82, 2.24) is 5.32 Å². The van der Waals surface area contributed by atoms with Crippen molar-refractivity contribution < 1.29 is 5.11 Å². The van der Waals surface area contributed by atoms with Gasteiger partial charge in [0, 0.05) is 12.0 Å². The summed E-state index contributed by atoms with van der Waals surface area (Å²) < 4.78 is 0. The van der Waals surface area contributed by atoms with E-state index in [4.69, 9.17) is 0 Å². The Balaban J connectivity index is 2.92. The Hall–Kier alpha value is -0.860. The van der Waals surface area contributed by atoms with Gasteiger partial charge in [0.05, 0.1) is 6.61 Å². The van der Waals surface area contributed by atoms with Crippen LogP contribution in [0.3, 0.4) is 0 Å². The number of benzene rings is 1. The number of likely N-dealkylation sites (N-methyl/N-ethyl adjacent to an activating group) is 1. The lowest BCUT2D eigenvalue weighted by atomic mass is 9.83. The molecule has 0 spiro atoms. The molecule has 0 fully saturated rings. The van der Waals surface area contributed by atoms with Gasteiger partial charge in [0.15, 0.2) is 0 Å². The minimum Gasteiger partial charge on any atom is -0.395 e. The Morgan fingerprint density at radius 2 is 1.87 bits per heavy atom. The van der Waals surface area contributed by atoms with Crippen LogP contribution in [0, 0.1) is 0 Å². The molecule has 1 aromatic carbocycles. The largest absolute Gasteiger partial charge is 0.395 e. The van der Waals surface area contributed by atoms with Crippen molar-refractivity contribution in [1.29, 1.82) is 0 Å². The molecule has 2 heteroatoms. The molecule has 1 atom stereocenters. The maximum Gasteiger partial charge on any atom is 0.0537 e. The number of hydrogen-bond acceptors (Lipinski definition) is 2. The maximum absolute atomic E-state index is 9.46. The fraction of sp³-hybridized carbons (Fsp3) is 0.538. The molecule has 0 aliphatic carbocycles. The number of aryl methyl sites for hydroxylation is 1. The molecule has 1 aromatic rings. The van der Waals surface area contributed by atoms with E-state index < -0.39 is 0 Å². The predicted molar refractivity (Wildman–Crippen MR) is 64.2 cm³/mol. The topological polar surface area (TPSA) is 32.3 Å². The van der Waals surface area contributed by atoms with Crippen LogP contribution in [-0.4, -0.2) is 25.3 Å². The van der Waals surface area contributed by atoms with Gasteiger partial charge in [-0.1, -0.05) is 38.1 Å². The third-order valence-electron chi connectivity index (χ3n) is 2.98. The van der Waals surface area contributed by atoms with E-state index in [1.54, 1.807) is 0 Å². The Morgan fingerprint density at radius 3 is 2.27 bits per heavy atom. The SMILES string of the molecule is CCc1ccc(C(C)(CO)CNC)cc1. The molecule has 1 unspecified atom stereocenters. The zero-order valence-corrected chi connectivity index (χ0v) is 9.88. The summed E-state index contributed by atoms with van der Waals surface area (Å²) in [4.78, 5) is 0. The molecule has 0 saturated carbocycles. The highest BCUT2D eigenvalue weighted by Crippen LogP contribution is 2.22. The number of nitrogens with one attached hydrogen (secondary N) is 1. The lowest BCUT2D eigenvalue weighted by molar-refractivity contribution is 0.204. The molecule has 0 amide bonds. The van der Waals surface area contributed by atoms with E-state index in [1.165, 1.54) is 11.1 Å². The van der Waals surface area contributed by atoms with Crippen molar-refractivity contribution >= 4 is 0 Å². The number of rotatable bonds is 5. The van der Waals surface area contributed by atoms with E-state index >= 15 is 0 Å². The molecule has 0 saturated heterocycles. The first kappa shape index (κ1) is 12.2. The van der Waals surface area contributed by atoms with Crippen LogP contribution < -0.4 is 5.32 Å². The van der Waals surface area contributed by atoms with Gasteiger partial charge in [0.25, 0.3) is 0 Å². The highest BCUT2D eigenvalue weighted by molar-refractivity contribution is 5.29. The summed E-state index contributed by atoms with van der Waals surface area (Å²) in [6.07, 6.45) is 1.06. The number of aliphatic hydroxyl groups is 1. The molecule has 1 rings (SSSR count). The lowest BCUT2D eigenvalue weighted by Crippen LogP contribution is -2.37. The molecule has 84 valence electrons. The summed E-state index contributed by atoms with van der Waals surface area (Å²) in [6.45, 7) is 5.17. The summed E-state index contributed by atoms with van der Waals surface area (Å²) in [5, 5.41) is 12.6. The predicted octanol–water partition coefficient (Wildman–Crippen LogP) is 1.72. The van der Waals surface area contributed by atoms with Crippen molar-refractivity contribution in [3.63, 3.8) is 0 Å². The molecule has 0 aromatic heterocycles. The summed E-state index contributed by atoms with van der Waals surface area (Å²) in [7, 11) is 1.91. The van der Waals surface area contributed by atoms with E-state index in [9.17, 15) is 5.11 Å². The molecule has 2 N–H and O–H groups in total. The third kappa shape index (κ3) is 2.80.